The Kier molecular flexibility index (Phi) is 6.22. The number of benzene rings is 1. The number of ether oxygens (including phenoxy) is 1. The molecule has 23 heavy (non-hydrogen) atoms. The molecule has 1 aromatic carbocycles. The normalized spacial score (nSPS) is 22.9. The summed E-state index contributed by atoms with van der Waals surface area (Å²) in [5, 5.41) is 6.53. The topological polar surface area (TPSA) is 37.4 Å². The molecule has 0 radical (unpaired) electrons. The highest BCUT2D eigenvalue weighted by Crippen LogP contribution is 2.30. The number of fused-ring (bicyclic) bond motifs is 1. The zero-order valence-electron chi connectivity index (χ0n) is 12.3. The van der Waals surface area contributed by atoms with Gasteiger partial charge in [-0.15, -0.1) is 36.2 Å². The third-order valence-electron chi connectivity index (χ3n) is 4.01. The maximum absolute atomic E-state index is 13.0. The van der Waals surface area contributed by atoms with Gasteiger partial charge in [0, 0.05) is 30.6 Å². The van der Waals surface area contributed by atoms with Crippen molar-refractivity contribution in [3.05, 3.63) is 35.5 Å². The quantitative estimate of drug-likeness (QED) is 0.872. The third-order valence-corrected chi connectivity index (χ3v) is 4.91. The molecule has 1 aromatic heterocycles. The fraction of sp³-hybridized carbons (Fsp3) is 0.400. The van der Waals surface area contributed by atoms with Crippen molar-refractivity contribution in [1.29, 1.82) is 0 Å². The van der Waals surface area contributed by atoms with E-state index < -0.39 is 0 Å². The second-order valence-electron chi connectivity index (χ2n) is 5.40. The summed E-state index contributed by atoms with van der Waals surface area (Å²) in [6.45, 7) is 3.52. The van der Waals surface area contributed by atoms with Crippen molar-refractivity contribution < 1.29 is 9.13 Å². The summed E-state index contributed by atoms with van der Waals surface area (Å²) in [6.07, 6.45) is 0.261. The van der Waals surface area contributed by atoms with Crippen LogP contribution in [0.1, 0.15) is 0 Å². The maximum Gasteiger partial charge on any atom is 0.186 e. The van der Waals surface area contributed by atoms with Gasteiger partial charge in [0.15, 0.2) is 5.13 Å². The standard InChI is InChI=1S/C15H16FN3OS.2ClH/c16-11-3-1-10(2-4-11)13-9-21-15(18-13)19-7-12-14(8-19)20-6-5-17-12;;/h1-4,9,12,14,17H,5-8H2;2*1H/t12-,14-;;/m0../s1. The molecular formula is C15H18Cl2FN3OS. The van der Waals surface area contributed by atoms with Gasteiger partial charge in [0.05, 0.1) is 24.4 Å². The van der Waals surface area contributed by atoms with E-state index in [2.05, 4.69) is 15.2 Å². The van der Waals surface area contributed by atoms with E-state index >= 15 is 0 Å². The molecule has 0 amide bonds. The SMILES string of the molecule is Cl.Cl.Fc1ccc(-c2csc(N3C[C@@H]4NCCO[C@H]4C3)n2)cc1. The number of nitrogens with one attached hydrogen (secondary N) is 1. The highest BCUT2D eigenvalue weighted by molar-refractivity contribution is 7.14. The average molecular weight is 378 g/mol. The lowest BCUT2D eigenvalue weighted by Crippen LogP contribution is -2.47. The van der Waals surface area contributed by atoms with Gasteiger partial charge >= 0.3 is 0 Å². The van der Waals surface area contributed by atoms with E-state index in [0.717, 1.165) is 42.6 Å². The highest BCUT2D eigenvalue weighted by atomic mass is 35.5. The molecule has 126 valence electrons. The van der Waals surface area contributed by atoms with Crippen LogP contribution in [-0.4, -0.2) is 43.4 Å². The van der Waals surface area contributed by atoms with Gasteiger partial charge in [-0.25, -0.2) is 9.37 Å². The molecule has 8 heteroatoms. The minimum atomic E-state index is -0.221. The third kappa shape index (κ3) is 3.78. The first-order chi connectivity index (χ1) is 10.3. The van der Waals surface area contributed by atoms with Crippen LogP contribution in [0.15, 0.2) is 29.6 Å². The van der Waals surface area contributed by atoms with Crippen molar-refractivity contribution in [3.63, 3.8) is 0 Å². The van der Waals surface area contributed by atoms with E-state index in [1.54, 1.807) is 23.5 Å². The predicted molar refractivity (Wildman–Crippen MR) is 95.7 cm³/mol. The molecule has 2 fully saturated rings. The van der Waals surface area contributed by atoms with E-state index in [0.29, 0.717) is 6.04 Å². The van der Waals surface area contributed by atoms with Gasteiger partial charge in [-0.1, -0.05) is 0 Å². The summed E-state index contributed by atoms with van der Waals surface area (Å²) in [4.78, 5) is 6.96. The van der Waals surface area contributed by atoms with Gasteiger partial charge in [0.25, 0.3) is 0 Å². The van der Waals surface area contributed by atoms with Crippen LogP contribution in [0, 0.1) is 5.82 Å². The van der Waals surface area contributed by atoms with Crippen molar-refractivity contribution in [2.24, 2.45) is 0 Å². The number of anilines is 1. The summed E-state index contributed by atoms with van der Waals surface area (Å²) in [6, 6.07) is 6.87. The first-order valence-electron chi connectivity index (χ1n) is 7.11. The zero-order valence-corrected chi connectivity index (χ0v) is 14.7. The Morgan fingerprint density at radius 1 is 1.22 bits per heavy atom. The van der Waals surface area contributed by atoms with Crippen LogP contribution < -0.4 is 10.2 Å². The maximum atomic E-state index is 13.0. The Morgan fingerprint density at radius 3 is 2.74 bits per heavy atom. The Morgan fingerprint density at radius 2 is 2.00 bits per heavy atom. The Balaban J connectivity index is 0.000000960. The summed E-state index contributed by atoms with van der Waals surface area (Å²) < 4.78 is 18.8. The molecule has 2 saturated heterocycles. The number of rotatable bonds is 2. The van der Waals surface area contributed by atoms with Crippen molar-refractivity contribution >= 4 is 41.3 Å². The largest absolute Gasteiger partial charge is 0.373 e. The number of aromatic nitrogens is 1. The van der Waals surface area contributed by atoms with Crippen LogP contribution in [0.4, 0.5) is 9.52 Å². The first-order valence-corrected chi connectivity index (χ1v) is 7.99. The van der Waals surface area contributed by atoms with Crippen molar-refractivity contribution in [1.82, 2.24) is 10.3 Å². The van der Waals surface area contributed by atoms with Gasteiger partial charge in [-0.05, 0) is 24.3 Å². The number of morpholine rings is 1. The van der Waals surface area contributed by atoms with Gasteiger partial charge in [-0.3, -0.25) is 0 Å². The number of thiazole rings is 1. The van der Waals surface area contributed by atoms with Crippen LogP contribution in [0.2, 0.25) is 0 Å². The van der Waals surface area contributed by atoms with Crippen LogP contribution in [-0.2, 0) is 4.74 Å². The van der Waals surface area contributed by atoms with Gasteiger partial charge < -0.3 is 15.0 Å². The molecule has 2 aliphatic heterocycles. The van der Waals surface area contributed by atoms with E-state index in [1.807, 2.05) is 5.38 Å². The molecule has 3 heterocycles. The molecule has 0 unspecified atom stereocenters. The predicted octanol–water partition coefficient (Wildman–Crippen LogP) is 2.97. The average Bonchev–Trinajstić information content (AvgIpc) is 3.14. The second-order valence-corrected chi connectivity index (χ2v) is 6.23. The molecule has 4 nitrogen and oxygen atoms in total. The molecular weight excluding hydrogens is 360 g/mol. The van der Waals surface area contributed by atoms with E-state index in [4.69, 9.17) is 4.74 Å². The smallest absolute Gasteiger partial charge is 0.186 e. The molecule has 0 saturated carbocycles. The first kappa shape index (κ1) is 18.4. The molecule has 2 aliphatic rings. The Hall–Kier alpha value is -0.920. The van der Waals surface area contributed by atoms with Crippen LogP contribution in [0.25, 0.3) is 11.3 Å². The molecule has 2 atom stereocenters. The van der Waals surface area contributed by atoms with Gasteiger partial charge in [0.2, 0.25) is 0 Å². The molecule has 4 rings (SSSR count). The molecule has 1 N–H and O–H groups in total. The van der Waals surface area contributed by atoms with Gasteiger partial charge in [0.1, 0.15) is 5.82 Å². The van der Waals surface area contributed by atoms with Crippen LogP contribution >= 0.6 is 36.2 Å². The number of hydrogen-bond donors (Lipinski definition) is 1. The summed E-state index contributed by atoms with van der Waals surface area (Å²) >= 11 is 1.63. The molecule has 0 spiro atoms. The Bertz CT molecular complexity index is 626. The van der Waals surface area contributed by atoms with Crippen molar-refractivity contribution in [2.45, 2.75) is 12.1 Å². The fourth-order valence-corrected chi connectivity index (χ4v) is 3.77. The Labute approximate surface area is 150 Å². The lowest BCUT2D eigenvalue weighted by molar-refractivity contribution is 0.0212. The summed E-state index contributed by atoms with van der Waals surface area (Å²) in [5.74, 6) is -0.221. The number of halogens is 3. The zero-order chi connectivity index (χ0) is 14.2. The van der Waals surface area contributed by atoms with E-state index in [1.165, 1.54) is 12.1 Å². The lowest BCUT2D eigenvalue weighted by Gasteiger charge is -2.25. The molecule has 2 aromatic rings. The van der Waals surface area contributed by atoms with Gasteiger partial charge in [-0.2, -0.15) is 0 Å². The monoisotopic (exact) mass is 377 g/mol. The minimum Gasteiger partial charge on any atom is -0.373 e. The van der Waals surface area contributed by atoms with Crippen molar-refractivity contribution in [3.8, 4) is 11.3 Å². The van der Waals surface area contributed by atoms with Crippen LogP contribution in [0.3, 0.4) is 0 Å². The van der Waals surface area contributed by atoms with E-state index in [-0.39, 0.29) is 36.7 Å². The minimum absolute atomic E-state index is 0. The fourth-order valence-electron chi connectivity index (χ4n) is 2.91. The number of nitrogens with zero attached hydrogens (tertiary/aromatic N) is 2. The highest BCUT2D eigenvalue weighted by Gasteiger charge is 2.36. The second kappa shape index (κ2) is 7.77. The summed E-state index contributed by atoms with van der Waals surface area (Å²) in [7, 11) is 0. The van der Waals surface area contributed by atoms with E-state index in [9.17, 15) is 4.39 Å². The lowest BCUT2D eigenvalue weighted by atomic mass is 10.2. The summed E-state index contributed by atoms with van der Waals surface area (Å²) in [5.41, 5.74) is 1.85. The van der Waals surface area contributed by atoms with Crippen LogP contribution in [0.5, 0.6) is 0 Å². The molecule has 0 aliphatic carbocycles. The number of hydrogen-bond acceptors (Lipinski definition) is 5. The van der Waals surface area contributed by atoms with Crippen molar-refractivity contribution in [2.75, 3.05) is 31.1 Å². The molecule has 0 bridgehead atoms.